The van der Waals surface area contributed by atoms with Gasteiger partial charge in [-0.1, -0.05) is 0 Å². The third-order valence-corrected chi connectivity index (χ3v) is 4.06. The molecule has 0 amide bonds. The Morgan fingerprint density at radius 3 is 2.83 bits per heavy atom. The fourth-order valence-corrected chi connectivity index (χ4v) is 2.95. The van der Waals surface area contributed by atoms with Crippen LogP contribution in [-0.4, -0.2) is 69.0 Å². The van der Waals surface area contributed by atoms with E-state index in [4.69, 9.17) is 15.6 Å². The third-order valence-electron chi connectivity index (χ3n) is 3.01. The van der Waals surface area contributed by atoms with Crippen LogP contribution in [0.1, 0.15) is 0 Å². The van der Waals surface area contributed by atoms with Gasteiger partial charge in [-0.2, -0.15) is 11.8 Å². The highest BCUT2D eigenvalue weighted by molar-refractivity contribution is 7.99. The normalized spacial score (nSPS) is 40.1. The molecule has 3 unspecified atom stereocenters. The van der Waals surface area contributed by atoms with E-state index in [2.05, 4.69) is 4.99 Å². The molecule has 0 spiro atoms. The molecule has 0 aromatic rings. The van der Waals surface area contributed by atoms with Crippen LogP contribution in [0.3, 0.4) is 0 Å². The second-order valence-electron chi connectivity index (χ2n) is 4.10. The fourth-order valence-electron chi connectivity index (χ4n) is 2.06. The molecule has 7 nitrogen and oxygen atoms in total. The highest BCUT2D eigenvalue weighted by atomic mass is 32.2. The van der Waals surface area contributed by atoms with Gasteiger partial charge >= 0.3 is 0 Å². The quantitative estimate of drug-likeness (QED) is 0.483. The second kappa shape index (κ2) is 5.45. The number of nitrogens with two attached hydrogens (primary N) is 1. The van der Waals surface area contributed by atoms with Crippen molar-refractivity contribution < 1.29 is 20.1 Å². The minimum Gasteiger partial charge on any atom is -0.394 e. The van der Waals surface area contributed by atoms with Gasteiger partial charge in [-0.05, 0) is 12.3 Å². The smallest absolute Gasteiger partial charge is 0.229 e. The summed E-state index contributed by atoms with van der Waals surface area (Å²) in [6, 6.07) is 0. The van der Waals surface area contributed by atoms with Crippen molar-refractivity contribution in [3.63, 3.8) is 0 Å². The predicted molar refractivity (Wildman–Crippen MR) is 67.7 cm³/mol. The van der Waals surface area contributed by atoms with E-state index in [0.717, 1.165) is 0 Å². The maximum atomic E-state index is 9.99. The molecule has 0 saturated carbocycles. The zero-order valence-corrected chi connectivity index (χ0v) is 10.7. The Hall–Kier alpha value is -0.800. The molecule has 0 bridgehead atoms. The van der Waals surface area contributed by atoms with Gasteiger partial charge in [0.1, 0.15) is 18.2 Å². The van der Waals surface area contributed by atoms with E-state index in [-0.39, 0.29) is 17.7 Å². The van der Waals surface area contributed by atoms with Crippen LogP contribution in [0.25, 0.3) is 0 Å². The monoisotopic (exact) mass is 275 g/mol. The lowest BCUT2D eigenvalue weighted by Crippen LogP contribution is -2.46. The van der Waals surface area contributed by atoms with Gasteiger partial charge in [0.25, 0.3) is 0 Å². The molecule has 2 aliphatic rings. The number of aliphatic hydroxyl groups excluding tert-OH is 3. The van der Waals surface area contributed by atoms with E-state index < -0.39 is 24.8 Å². The molecule has 2 heterocycles. The van der Waals surface area contributed by atoms with Crippen molar-refractivity contribution >= 4 is 17.6 Å². The summed E-state index contributed by atoms with van der Waals surface area (Å²) in [5.74, 6) is 0.233. The van der Waals surface area contributed by atoms with E-state index >= 15 is 0 Å². The standard InChI is InChI=1S/C10H17N3O4S/c1-18-8-7(15)5(4-14)17-9(8)13-3-2-6(11)12-10(13)16/h2-3,5,7-10,14-16H,4H2,1H3,(H2,11,12)/t5-,7?,8?,9-,10?/m1/s1. The van der Waals surface area contributed by atoms with Crippen molar-refractivity contribution in [1.29, 1.82) is 0 Å². The highest BCUT2D eigenvalue weighted by Crippen LogP contribution is 2.33. The molecule has 5 N–H and O–H groups in total. The average molecular weight is 275 g/mol. The molecule has 5 atom stereocenters. The van der Waals surface area contributed by atoms with Crippen molar-refractivity contribution in [2.75, 3.05) is 12.9 Å². The number of hydrogen-bond donors (Lipinski definition) is 4. The molecule has 1 saturated heterocycles. The van der Waals surface area contributed by atoms with Gasteiger partial charge in [0.15, 0.2) is 0 Å². The Morgan fingerprint density at radius 1 is 1.56 bits per heavy atom. The lowest BCUT2D eigenvalue weighted by Gasteiger charge is -2.34. The molecule has 0 radical (unpaired) electrons. The molecular formula is C10H17N3O4S. The first-order valence-electron chi connectivity index (χ1n) is 5.52. The summed E-state index contributed by atoms with van der Waals surface area (Å²) in [5.41, 5.74) is 5.48. The van der Waals surface area contributed by atoms with Gasteiger partial charge in [0.05, 0.1) is 18.0 Å². The first kappa shape index (κ1) is 13.6. The van der Waals surface area contributed by atoms with Crippen LogP contribution in [0.2, 0.25) is 0 Å². The molecule has 2 aliphatic heterocycles. The van der Waals surface area contributed by atoms with Crippen LogP contribution < -0.4 is 5.73 Å². The number of aliphatic hydroxyl groups is 3. The molecule has 2 rings (SSSR count). The molecule has 8 heteroatoms. The minimum atomic E-state index is -1.14. The molecule has 0 aliphatic carbocycles. The summed E-state index contributed by atoms with van der Waals surface area (Å²) >= 11 is 1.41. The summed E-state index contributed by atoms with van der Waals surface area (Å²) in [7, 11) is 0. The predicted octanol–water partition coefficient (Wildman–Crippen LogP) is -1.74. The van der Waals surface area contributed by atoms with E-state index in [1.54, 1.807) is 12.3 Å². The minimum absolute atomic E-state index is 0.233. The van der Waals surface area contributed by atoms with Gasteiger partial charge in [-0.15, -0.1) is 0 Å². The maximum Gasteiger partial charge on any atom is 0.229 e. The summed E-state index contributed by atoms with van der Waals surface area (Å²) < 4.78 is 5.56. The number of aliphatic imine (C=N–C) groups is 1. The fraction of sp³-hybridized carbons (Fsp3) is 0.700. The van der Waals surface area contributed by atoms with Crippen LogP contribution in [0.15, 0.2) is 17.3 Å². The summed E-state index contributed by atoms with van der Waals surface area (Å²) in [4.78, 5) is 5.28. The summed E-state index contributed by atoms with van der Waals surface area (Å²) in [6.45, 7) is -0.270. The lowest BCUT2D eigenvalue weighted by molar-refractivity contribution is -0.109. The topological polar surface area (TPSA) is 112 Å². The second-order valence-corrected chi connectivity index (χ2v) is 5.12. The van der Waals surface area contributed by atoms with Crippen LogP contribution in [0.5, 0.6) is 0 Å². The van der Waals surface area contributed by atoms with E-state index in [9.17, 15) is 10.2 Å². The Kier molecular flexibility index (Phi) is 4.13. The van der Waals surface area contributed by atoms with Crippen molar-refractivity contribution in [3.8, 4) is 0 Å². The van der Waals surface area contributed by atoms with Crippen LogP contribution in [0.4, 0.5) is 0 Å². The Balaban J connectivity index is 2.15. The summed E-state index contributed by atoms with van der Waals surface area (Å²) in [6.07, 6.45) is 1.81. The first-order valence-corrected chi connectivity index (χ1v) is 6.81. The number of rotatable bonds is 3. The lowest BCUT2D eigenvalue weighted by atomic mass is 10.2. The summed E-state index contributed by atoms with van der Waals surface area (Å²) in [5, 5.41) is 28.7. The average Bonchev–Trinajstić information content (AvgIpc) is 2.65. The van der Waals surface area contributed by atoms with Gasteiger partial charge < -0.3 is 30.7 Å². The van der Waals surface area contributed by atoms with E-state index in [1.165, 1.54) is 16.7 Å². The van der Waals surface area contributed by atoms with E-state index in [0.29, 0.717) is 0 Å². The number of hydrogen-bond acceptors (Lipinski definition) is 8. The van der Waals surface area contributed by atoms with Gasteiger partial charge in [-0.3, -0.25) is 0 Å². The molecule has 0 aromatic heterocycles. The molecule has 18 heavy (non-hydrogen) atoms. The number of ether oxygens (including phenoxy) is 1. The Labute approximate surface area is 109 Å². The zero-order chi connectivity index (χ0) is 13.3. The largest absolute Gasteiger partial charge is 0.394 e. The van der Waals surface area contributed by atoms with E-state index in [1.807, 2.05) is 6.26 Å². The molecule has 102 valence electrons. The van der Waals surface area contributed by atoms with Crippen LogP contribution in [0, 0.1) is 0 Å². The SMILES string of the molecule is CSC1C(O)[C@@H](CO)O[C@H]1N1C=CC(N)=NC1O. The number of nitrogens with zero attached hydrogens (tertiary/aromatic N) is 2. The Morgan fingerprint density at radius 2 is 2.28 bits per heavy atom. The van der Waals surface area contributed by atoms with Crippen molar-refractivity contribution in [2.45, 2.75) is 30.0 Å². The van der Waals surface area contributed by atoms with Crippen molar-refractivity contribution in [2.24, 2.45) is 10.7 Å². The Bertz CT molecular complexity index is 365. The third kappa shape index (κ3) is 2.34. The number of amidine groups is 1. The van der Waals surface area contributed by atoms with Crippen LogP contribution >= 0.6 is 11.8 Å². The van der Waals surface area contributed by atoms with Gasteiger partial charge in [0.2, 0.25) is 6.35 Å². The molecule has 0 aromatic carbocycles. The molecular weight excluding hydrogens is 258 g/mol. The van der Waals surface area contributed by atoms with Gasteiger partial charge in [-0.25, -0.2) is 4.99 Å². The van der Waals surface area contributed by atoms with Crippen molar-refractivity contribution in [3.05, 3.63) is 12.3 Å². The maximum absolute atomic E-state index is 9.99. The molecule has 1 fully saturated rings. The zero-order valence-electron chi connectivity index (χ0n) is 9.88. The number of thioether (sulfide) groups is 1. The first-order chi connectivity index (χ1) is 8.58. The van der Waals surface area contributed by atoms with Gasteiger partial charge in [0, 0.05) is 6.20 Å². The highest BCUT2D eigenvalue weighted by Gasteiger charge is 2.46. The van der Waals surface area contributed by atoms with Crippen LogP contribution in [-0.2, 0) is 4.74 Å². The van der Waals surface area contributed by atoms with Crippen molar-refractivity contribution in [1.82, 2.24) is 4.90 Å².